The summed E-state index contributed by atoms with van der Waals surface area (Å²) in [6.07, 6.45) is 1.73. The average Bonchev–Trinajstić information content (AvgIpc) is 3.26. The van der Waals surface area contributed by atoms with Gasteiger partial charge < -0.3 is 8.83 Å². The molecule has 0 fully saturated rings. The quantitative estimate of drug-likeness (QED) is 0.621. The topological polar surface area (TPSA) is 81.2 Å². The molecule has 4 rings (SSSR count). The normalized spacial score (nSPS) is 10.8. The number of rotatable bonds is 4. The molecule has 2 heterocycles. The van der Waals surface area contributed by atoms with Crippen molar-refractivity contribution in [3.05, 3.63) is 66.4 Å². The van der Waals surface area contributed by atoms with Gasteiger partial charge in [0.25, 0.3) is 5.89 Å². The third-order valence-electron chi connectivity index (χ3n) is 3.63. The highest BCUT2D eigenvalue weighted by molar-refractivity contribution is 5.95. The fraction of sp³-hybridized carbons (Fsp3) is 0.0556. The molecule has 118 valence electrons. The second kappa shape index (κ2) is 6.00. The summed E-state index contributed by atoms with van der Waals surface area (Å²) in [7, 11) is 0. The van der Waals surface area contributed by atoms with Crippen LogP contribution in [0.5, 0.6) is 0 Å². The monoisotopic (exact) mass is 319 g/mol. The zero-order valence-corrected chi connectivity index (χ0v) is 12.6. The molecule has 0 unspecified atom stereocenters. The van der Waals surface area contributed by atoms with Crippen LogP contribution in [0.15, 0.2) is 69.7 Å². The molecule has 0 spiro atoms. The molecule has 2 aromatic carbocycles. The summed E-state index contributed by atoms with van der Waals surface area (Å²) in [6.45, 7) is 0. The zero-order chi connectivity index (χ0) is 16.4. The minimum absolute atomic E-state index is 0.0478. The van der Waals surface area contributed by atoms with Gasteiger partial charge in [0.15, 0.2) is 5.76 Å². The Morgan fingerprint density at radius 1 is 1.00 bits per heavy atom. The van der Waals surface area contributed by atoms with Gasteiger partial charge >= 0.3 is 6.01 Å². The molecule has 0 bridgehead atoms. The lowest BCUT2D eigenvalue weighted by molar-refractivity contribution is -0.115. The number of nitrogens with one attached hydrogen (secondary N) is 1. The van der Waals surface area contributed by atoms with E-state index in [9.17, 15) is 4.79 Å². The third-order valence-corrected chi connectivity index (χ3v) is 3.63. The standard InChI is InChI=1S/C18H13N3O3/c22-16(11-13-7-3-6-12-5-1-2-8-14(12)13)19-18-21-20-17(24-18)15-9-4-10-23-15/h1-10H,11H2,(H,19,21,22). The Balaban J connectivity index is 1.50. The van der Waals surface area contributed by atoms with Gasteiger partial charge in [0.05, 0.1) is 12.7 Å². The molecule has 1 amide bonds. The largest absolute Gasteiger partial charge is 0.459 e. The lowest BCUT2D eigenvalue weighted by Crippen LogP contribution is -2.14. The van der Waals surface area contributed by atoms with Crippen molar-refractivity contribution in [1.82, 2.24) is 10.2 Å². The van der Waals surface area contributed by atoms with Crippen LogP contribution in [-0.2, 0) is 11.2 Å². The first-order valence-corrected chi connectivity index (χ1v) is 7.43. The van der Waals surface area contributed by atoms with Crippen LogP contribution in [0.1, 0.15) is 5.56 Å². The number of anilines is 1. The van der Waals surface area contributed by atoms with Crippen LogP contribution < -0.4 is 5.32 Å². The van der Waals surface area contributed by atoms with Gasteiger partial charge in [0.2, 0.25) is 5.91 Å². The fourth-order valence-corrected chi connectivity index (χ4v) is 2.56. The Hall–Kier alpha value is -3.41. The number of hydrogen-bond acceptors (Lipinski definition) is 5. The molecule has 2 aromatic heterocycles. The Morgan fingerprint density at radius 3 is 2.75 bits per heavy atom. The summed E-state index contributed by atoms with van der Waals surface area (Å²) in [6, 6.07) is 17.3. The van der Waals surface area contributed by atoms with Crippen LogP contribution in [0.4, 0.5) is 6.01 Å². The van der Waals surface area contributed by atoms with E-state index in [0.717, 1.165) is 16.3 Å². The molecular weight excluding hydrogens is 306 g/mol. The Morgan fingerprint density at radius 2 is 1.88 bits per heavy atom. The maximum atomic E-state index is 12.3. The van der Waals surface area contributed by atoms with Gasteiger partial charge in [-0.1, -0.05) is 47.6 Å². The number of benzene rings is 2. The van der Waals surface area contributed by atoms with Crippen LogP contribution in [-0.4, -0.2) is 16.1 Å². The number of hydrogen-bond donors (Lipinski definition) is 1. The van der Waals surface area contributed by atoms with Crippen LogP contribution in [0, 0.1) is 0 Å². The molecule has 0 atom stereocenters. The van der Waals surface area contributed by atoms with Gasteiger partial charge in [0, 0.05) is 0 Å². The molecule has 1 N–H and O–H groups in total. The fourth-order valence-electron chi connectivity index (χ4n) is 2.56. The molecule has 0 radical (unpaired) electrons. The Bertz CT molecular complexity index is 984. The second-order valence-electron chi connectivity index (χ2n) is 5.25. The molecule has 4 aromatic rings. The molecule has 24 heavy (non-hydrogen) atoms. The number of nitrogens with zero attached hydrogens (tertiary/aromatic N) is 2. The van der Waals surface area contributed by atoms with E-state index in [1.165, 1.54) is 6.26 Å². The number of fused-ring (bicyclic) bond motifs is 1. The van der Waals surface area contributed by atoms with E-state index < -0.39 is 0 Å². The van der Waals surface area contributed by atoms with E-state index in [-0.39, 0.29) is 24.2 Å². The first-order valence-electron chi connectivity index (χ1n) is 7.43. The molecule has 0 saturated heterocycles. The molecule has 0 aliphatic heterocycles. The number of furan rings is 1. The number of carbonyl (C=O) groups is 1. The summed E-state index contributed by atoms with van der Waals surface area (Å²) in [5, 5.41) is 12.4. The van der Waals surface area contributed by atoms with Crippen molar-refractivity contribution in [2.75, 3.05) is 5.32 Å². The number of aromatic nitrogens is 2. The van der Waals surface area contributed by atoms with Crippen molar-refractivity contribution in [1.29, 1.82) is 0 Å². The highest BCUT2D eigenvalue weighted by Gasteiger charge is 2.14. The van der Waals surface area contributed by atoms with E-state index in [2.05, 4.69) is 15.5 Å². The lowest BCUT2D eigenvalue weighted by Gasteiger charge is -2.05. The molecule has 6 heteroatoms. The third kappa shape index (κ3) is 2.77. The van der Waals surface area contributed by atoms with Crippen LogP contribution >= 0.6 is 0 Å². The maximum Gasteiger partial charge on any atom is 0.322 e. The van der Waals surface area contributed by atoms with E-state index in [1.54, 1.807) is 12.1 Å². The Kier molecular flexibility index (Phi) is 3.55. The van der Waals surface area contributed by atoms with Crippen molar-refractivity contribution in [2.45, 2.75) is 6.42 Å². The molecule has 0 aliphatic carbocycles. The van der Waals surface area contributed by atoms with Gasteiger partial charge in [-0.15, -0.1) is 5.10 Å². The Labute approximate surface area is 137 Å². The molecule has 6 nitrogen and oxygen atoms in total. The number of amides is 1. The van der Waals surface area contributed by atoms with Crippen LogP contribution in [0.3, 0.4) is 0 Å². The minimum atomic E-state index is -0.221. The summed E-state index contributed by atoms with van der Waals surface area (Å²) in [4.78, 5) is 12.3. The van der Waals surface area contributed by atoms with Crippen molar-refractivity contribution < 1.29 is 13.6 Å². The van der Waals surface area contributed by atoms with Gasteiger partial charge in [-0.25, -0.2) is 0 Å². The van der Waals surface area contributed by atoms with Crippen molar-refractivity contribution in [2.24, 2.45) is 0 Å². The van der Waals surface area contributed by atoms with Gasteiger partial charge in [-0.05, 0) is 28.5 Å². The lowest BCUT2D eigenvalue weighted by atomic mass is 10.0. The smallest absolute Gasteiger partial charge is 0.322 e. The molecule has 0 saturated carbocycles. The van der Waals surface area contributed by atoms with E-state index in [4.69, 9.17) is 8.83 Å². The van der Waals surface area contributed by atoms with Crippen molar-refractivity contribution >= 4 is 22.7 Å². The van der Waals surface area contributed by atoms with E-state index >= 15 is 0 Å². The van der Waals surface area contributed by atoms with Gasteiger partial charge in [0.1, 0.15) is 0 Å². The van der Waals surface area contributed by atoms with Gasteiger partial charge in [-0.2, -0.15) is 0 Å². The van der Waals surface area contributed by atoms with E-state index in [1.807, 2.05) is 42.5 Å². The predicted octanol–water partition coefficient (Wildman–Crippen LogP) is 3.66. The maximum absolute atomic E-state index is 12.3. The summed E-state index contributed by atoms with van der Waals surface area (Å²) >= 11 is 0. The summed E-state index contributed by atoms with van der Waals surface area (Å²) in [5.41, 5.74) is 0.941. The highest BCUT2D eigenvalue weighted by atomic mass is 16.4. The molecular formula is C18H13N3O3. The second-order valence-corrected chi connectivity index (χ2v) is 5.25. The molecule has 0 aliphatic rings. The van der Waals surface area contributed by atoms with Gasteiger partial charge in [-0.3, -0.25) is 10.1 Å². The SMILES string of the molecule is O=C(Cc1cccc2ccccc12)Nc1nnc(-c2ccco2)o1. The summed E-state index contributed by atoms with van der Waals surface area (Å²) in [5.74, 6) is 0.457. The highest BCUT2D eigenvalue weighted by Crippen LogP contribution is 2.21. The zero-order valence-electron chi connectivity index (χ0n) is 12.6. The minimum Gasteiger partial charge on any atom is -0.459 e. The van der Waals surface area contributed by atoms with Crippen LogP contribution in [0.2, 0.25) is 0 Å². The first kappa shape index (κ1) is 14.2. The average molecular weight is 319 g/mol. The van der Waals surface area contributed by atoms with E-state index in [0.29, 0.717) is 5.76 Å². The van der Waals surface area contributed by atoms with Crippen molar-refractivity contribution in [3.63, 3.8) is 0 Å². The van der Waals surface area contributed by atoms with Crippen molar-refractivity contribution in [3.8, 4) is 11.7 Å². The van der Waals surface area contributed by atoms with Crippen LogP contribution in [0.25, 0.3) is 22.4 Å². The summed E-state index contributed by atoms with van der Waals surface area (Å²) < 4.78 is 10.5. The predicted molar refractivity (Wildman–Crippen MR) is 88.3 cm³/mol. The number of carbonyl (C=O) groups excluding carboxylic acids is 1. The first-order chi connectivity index (χ1) is 11.8.